The lowest BCUT2D eigenvalue weighted by Crippen LogP contribution is -2.28. The second-order valence-electron chi connectivity index (χ2n) is 3.46. The highest BCUT2D eigenvalue weighted by atomic mass is 19.1. The van der Waals surface area contributed by atoms with Crippen LogP contribution in [0.15, 0.2) is 0 Å². The van der Waals surface area contributed by atoms with Gasteiger partial charge in [0.1, 0.15) is 0 Å². The van der Waals surface area contributed by atoms with Crippen molar-refractivity contribution >= 4 is 5.97 Å². The molecular weight excluding hydrogens is 187 g/mol. The average molecular weight is 204 g/mol. The fourth-order valence-corrected chi connectivity index (χ4v) is 1.63. The first-order valence-corrected chi connectivity index (χ1v) is 5.20. The second kappa shape index (κ2) is 5.96. The van der Waals surface area contributed by atoms with E-state index in [-0.39, 0.29) is 12.7 Å². The molecule has 0 amide bonds. The Labute approximate surface area is 83.6 Å². The minimum Gasteiger partial charge on any atom is -0.462 e. The van der Waals surface area contributed by atoms with Crippen LogP contribution in [0.4, 0.5) is 4.39 Å². The SMILES string of the molecule is CCOC(=O)C(F)OC1CCCCC1. The smallest absolute Gasteiger partial charge is 0.368 e. The topological polar surface area (TPSA) is 35.5 Å². The molecule has 1 aliphatic rings. The van der Waals surface area contributed by atoms with Gasteiger partial charge in [0, 0.05) is 0 Å². The van der Waals surface area contributed by atoms with Crippen LogP contribution in [0.2, 0.25) is 0 Å². The number of rotatable bonds is 4. The predicted octanol–water partition coefficient (Wildman–Crippen LogP) is 2.19. The lowest BCUT2D eigenvalue weighted by atomic mass is 9.98. The van der Waals surface area contributed by atoms with Crippen molar-refractivity contribution in [3.05, 3.63) is 0 Å². The number of esters is 1. The predicted molar refractivity (Wildman–Crippen MR) is 49.5 cm³/mol. The van der Waals surface area contributed by atoms with Crippen LogP contribution in [0.3, 0.4) is 0 Å². The molecule has 0 saturated heterocycles. The Kier molecular flexibility index (Phi) is 4.87. The Morgan fingerprint density at radius 3 is 2.64 bits per heavy atom. The summed E-state index contributed by atoms with van der Waals surface area (Å²) in [4.78, 5) is 10.9. The molecule has 0 aromatic rings. The molecule has 0 radical (unpaired) electrons. The lowest BCUT2D eigenvalue weighted by Gasteiger charge is -2.22. The van der Waals surface area contributed by atoms with Gasteiger partial charge in [0.05, 0.1) is 12.7 Å². The number of hydrogen-bond donors (Lipinski definition) is 0. The molecule has 0 N–H and O–H groups in total. The molecule has 0 aromatic heterocycles. The van der Waals surface area contributed by atoms with E-state index >= 15 is 0 Å². The first kappa shape index (κ1) is 11.4. The van der Waals surface area contributed by atoms with Crippen molar-refractivity contribution < 1.29 is 18.7 Å². The van der Waals surface area contributed by atoms with Crippen molar-refractivity contribution in [2.24, 2.45) is 0 Å². The lowest BCUT2D eigenvalue weighted by molar-refractivity contribution is -0.178. The summed E-state index contributed by atoms with van der Waals surface area (Å²) in [5.41, 5.74) is 0. The minimum atomic E-state index is -1.90. The number of alkyl halides is 1. The third kappa shape index (κ3) is 3.62. The zero-order valence-corrected chi connectivity index (χ0v) is 8.50. The Balaban J connectivity index is 2.24. The van der Waals surface area contributed by atoms with Gasteiger partial charge in [-0.15, -0.1) is 0 Å². The summed E-state index contributed by atoms with van der Waals surface area (Å²) in [7, 11) is 0. The number of ether oxygens (including phenoxy) is 2. The van der Waals surface area contributed by atoms with Gasteiger partial charge in [0.25, 0.3) is 6.36 Å². The first-order chi connectivity index (χ1) is 6.74. The normalized spacial score (nSPS) is 20.4. The Bertz CT molecular complexity index is 178. The zero-order valence-electron chi connectivity index (χ0n) is 8.50. The van der Waals surface area contributed by atoms with Gasteiger partial charge in [-0.3, -0.25) is 0 Å². The number of hydrogen-bond acceptors (Lipinski definition) is 3. The first-order valence-electron chi connectivity index (χ1n) is 5.20. The highest BCUT2D eigenvalue weighted by Gasteiger charge is 2.24. The largest absolute Gasteiger partial charge is 0.462 e. The molecule has 1 atom stereocenters. The van der Waals surface area contributed by atoms with Crippen LogP contribution in [0, 0.1) is 0 Å². The van der Waals surface area contributed by atoms with E-state index in [0.717, 1.165) is 25.7 Å². The molecule has 0 spiro atoms. The number of carbonyl (C=O) groups is 1. The summed E-state index contributed by atoms with van der Waals surface area (Å²) in [5, 5.41) is 0. The van der Waals surface area contributed by atoms with Crippen molar-refractivity contribution in [1.29, 1.82) is 0 Å². The maximum atomic E-state index is 13.1. The highest BCUT2D eigenvalue weighted by molar-refractivity contribution is 5.72. The molecule has 1 fully saturated rings. The van der Waals surface area contributed by atoms with E-state index in [1.807, 2.05) is 0 Å². The van der Waals surface area contributed by atoms with Gasteiger partial charge in [0.2, 0.25) is 0 Å². The van der Waals surface area contributed by atoms with E-state index in [9.17, 15) is 9.18 Å². The summed E-state index contributed by atoms with van der Waals surface area (Å²) in [5.74, 6) is -0.905. The van der Waals surface area contributed by atoms with E-state index in [1.54, 1.807) is 6.92 Å². The molecule has 0 heterocycles. The molecule has 14 heavy (non-hydrogen) atoms. The molecule has 82 valence electrons. The second-order valence-corrected chi connectivity index (χ2v) is 3.46. The van der Waals surface area contributed by atoms with Gasteiger partial charge in [-0.2, -0.15) is 0 Å². The van der Waals surface area contributed by atoms with Crippen molar-refractivity contribution in [3.63, 3.8) is 0 Å². The molecule has 1 aliphatic carbocycles. The van der Waals surface area contributed by atoms with E-state index in [0.29, 0.717) is 0 Å². The summed E-state index contributed by atoms with van der Waals surface area (Å²) in [6.45, 7) is 1.83. The quantitative estimate of drug-likeness (QED) is 0.658. The minimum absolute atomic E-state index is 0.108. The maximum Gasteiger partial charge on any atom is 0.368 e. The van der Waals surface area contributed by atoms with Crippen LogP contribution in [0.25, 0.3) is 0 Å². The van der Waals surface area contributed by atoms with Crippen LogP contribution in [0.5, 0.6) is 0 Å². The number of halogens is 1. The third-order valence-electron chi connectivity index (χ3n) is 2.34. The molecule has 0 bridgehead atoms. The Hall–Kier alpha value is -0.640. The molecule has 4 heteroatoms. The maximum absolute atomic E-state index is 13.1. The fourth-order valence-electron chi connectivity index (χ4n) is 1.63. The van der Waals surface area contributed by atoms with Crippen molar-refractivity contribution in [3.8, 4) is 0 Å². The average Bonchev–Trinajstić information content (AvgIpc) is 2.19. The number of carbonyl (C=O) groups excluding carboxylic acids is 1. The van der Waals surface area contributed by atoms with Gasteiger partial charge in [-0.25, -0.2) is 9.18 Å². The van der Waals surface area contributed by atoms with Crippen molar-refractivity contribution in [2.75, 3.05) is 6.61 Å². The molecule has 3 nitrogen and oxygen atoms in total. The van der Waals surface area contributed by atoms with Crippen LogP contribution in [0.1, 0.15) is 39.0 Å². The van der Waals surface area contributed by atoms with E-state index in [2.05, 4.69) is 4.74 Å². The van der Waals surface area contributed by atoms with Crippen molar-refractivity contribution in [2.45, 2.75) is 51.5 Å². The molecule has 1 saturated carbocycles. The van der Waals surface area contributed by atoms with Gasteiger partial charge >= 0.3 is 5.97 Å². The van der Waals surface area contributed by atoms with Crippen LogP contribution in [-0.2, 0) is 14.3 Å². The summed E-state index contributed by atoms with van der Waals surface area (Å²) in [6, 6.07) is 0. The highest BCUT2D eigenvalue weighted by Crippen LogP contribution is 2.21. The van der Waals surface area contributed by atoms with Crippen LogP contribution >= 0.6 is 0 Å². The summed E-state index contributed by atoms with van der Waals surface area (Å²) >= 11 is 0. The zero-order chi connectivity index (χ0) is 10.4. The van der Waals surface area contributed by atoms with E-state index < -0.39 is 12.3 Å². The third-order valence-corrected chi connectivity index (χ3v) is 2.34. The van der Waals surface area contributed by atoms with E-state index in [4.69, 9.17) is 4.74 Å². The van der Waals surface area contributed by atoms with Gasteiger partial charge in [-0.1, -0.05) is 19.3 Å². The van der Waals surface area contributed by atoms with Gasteiger partial charge < -0.3 is 9.47 Å². The molecular formula is C10H17FO3. The van der Waals surface area contributed by atoms with E-state index in [1.165, 1.54) is 6.42 Å². The van der Waals surface area contributed by atoms with Gasteiger partial charge in [0.15, 0.2) is 0 Å². The summed E-state index contributed by atoms with van der Waals surface area (Å²) < 4.78 is 22.5. The molecule has 1 unspecified atom stereocenters. The molecule has 0 aliphatic heterocycles. The Morgan fingerprint density at radius 1 is 1.43 bits per heavy atom. The monoisotopic (exact) mass is 204 g/mol. The van der Waals surface area contributed by atoms with Crippen LogP contribution < -0.4 is 0 Å². The fraction of sp³-hybridized carbons (Fsp3) is 0.900. The molecule has 1 rings (SSSR count). The standard InChI is InChI=1S/C10H17FO3/c1-2-13-10(12)9(11)14-8-6-4-3-5-7-8/h8-9H,2-7H2,1H3. The van der Waals surface area contributed by atoms with Crippen molar-refractivity contribution in [1.82, 2.24) is 0 Å². The summed E-state index contributed by atoms with van der Waals surface area (Å²) in [6.07, 6.45) is 2.97. The Morgan fingerprint density at radius 2 is 2.07 bits per heavy atom. The van der Waals surface area contributed by atoms with Crippen LogP contribution in [-0.4, -0.2) is 25.0 Å². The molecule has 0 aromatic carbocycles. The van der Waals surface area contributed by atoms with Gasteiger partial charge in [-0.05, 0) is 19.8 Å².